The third-order valence-electron chi connectivity index (χ3n) is 7.03. The van der Waals surface area contributed by atoms with Gasteiger partial charge < -0.3 is 20.6 Å². The number of carbonyl (C=O) groups excluding carboxylic acids is 3. The van der Waals surface area contributed by atoms with Gasteiger partial charge in [0.05, 0.1) is 23.5 Å². The quantitative estimate of drug-likeness (QED) is 0.255. The number of halogens is 1. The molecule has 0 radical (unpaired) electrons. The zero-order valence-corrected chi connectivity index (χ0v) is 23.3. The minimum absolute atomic E-state index is 0.0463. The number of urea groups is 1. The summed E-state index contributed by atoms with van der Waals surface area (Å²) in [4.78, 5) is 58.0. The lowest BCUT2D eigenvalue weighted by atomic mass is 9.97. The van der Waals surface area contributed by atoms with E-state index in [4.69, 9.17) is 0 Å². The van der Waals surface area contributed by atoms with E-state index >= 15 is 4.39 Å². The second-order valence-corrected chi connectivity index (χ2v) is 9.98. The highest BCUT2D eigenvalue weighted by Gasteiger charge is 2.36. The lowest BCUT2D eigenvalue weighted by molar-refractivity contribution is -0.120. The molecule has 1 atom stereocenters. The molecule has 0 saturated heterocycles. The number of para-hydroxylation sites is 1. The second-order valence-electron chi connectivity index (χ2n) is 9.98. The maximum atomic E-state index is 15.2. The fourth-order valence-electron chi connectivity index (χ4n) is 4.97. The fraction of sp³-hybridized carbons (Fsp3) is 0.121. The Morgan fingerprint density at radius 1 is 0.884 bits per heavy atom. The second kappa shape index (κ2) is 12.1. The van der Waals surface area contributed by atoms with Gasteiger partial charge in [0.1, 0.15) is 5.82 Å². The topological polar surface area (TPSA) is 128 Å². The van der Waals surface area contributed by atoms with Crippen molar-refractivity contribution in [1.29, 1.82) is 0 Å². The van der Waals surface area contributed by atoms with E-state index < -0.39 is 29.9 Å². The molecule has 1 heterocycles. The summed E-state index contributed by atoms with van der Waals surface area (Å²) in [6.45, 7) is 3.21. The molecule has 3 N–H and O–H groups in total. The molecule has 1 unspecified atom stereocenters. The van der Waals surface area contributed by atoms with Gasteiger partial charge in [-0.15, -0.1) is 0 Å². The highest BCUT2D eigenvalue weighted by molar-refractivity contribution is 6.22. The number of ketones is 1. The molecule has 1 aliphatic rings. The number of aliphatic imine (C=N–C) groups is 1. The van der Waals surface area contributed by atoms with Crippen LogP contribution >= 0.6 is 0 Å². The number of carboxylic acid groups (broad SMARTS) is 1. The van der Waals surface area contributed by atoms with Crippen LogP contribution in [0.2, 0.25) is 0 Å². The number of hydrogen-bond donors (Lipinski definition) is 3. The van der Waals surface area contributed by atoms with Crippen molar-refractivity contribution in [1.82, 2.24) is 5.32 Å². The van der Waals surface area contributed by atoms with Gasteiger partial charge in [-0.3, -0.25) is 9.59 Å². The smallest absolute Gasteiger partial charge is 0.335 e. The fourth-order valence-corrected chi connectivity index (χ4v) is 4.97. The van der Waals surface area contributed by atoms with Crippen LogP contribution in [0.1, 0.15) is 43.0 Å². The molecule has 0 fully saturated rings. The van der Waals surface area contributed by atoms with E-state index in [1.165, 1.54) is 47.4 Å². The summed E-state index contributed by atoms with van der Waals surface area (Å²) in [7, 11) is 0. The predicted octanol–water partition coefficient (Wildman–Crippen LogP) is 5.36. The Bertz CT molecular complexity index is 1800. The van der Waals surface area contributed by atoms with E-state index in [0.717, 1.165) is 5.56 Å². The summed E-state index contributed by atoms with van der Waals surface area (Å²) in [5.74, 6) is -2.80. The average molecular weight is 579 g/mol. The highest BCUT2D eigenvalue weighted by Crippen LogP contribution is 2.32. The monoisotopic (exact) mass is 578 g/mol. The number of aromatic carboxylic acids is 1. The van der Waals surface area contributed by atoms with Crippen LogP contribution < -0.4 is 15.5 Å². The lowest BCUT2D eigenvalue weighted by Crippen LogP contribution is -2.50. The van der Waals surface area contributed by atoms with E-state index in [2.05, 4.69) is 15.6 Å². The number of Topliss-reactive ketones (excluding diaryl/α,β-unsaturated/α-hetero) is 1. The maximum Gasteiger partial charge on any atom is 0.335 e. The van der Waals surface area contributed by atoms with Gasteiger partial charge >= 0.3 is 12.0 Å². The van der Waals surface area contributed by atoms with Crippen LogP contribution in [0.5, 0.6) is 0 Å². The number of benzene rings is 4. The van der Waals surface area contributed by atoms with Crippen LogP contribution in [-0.4, -0.2) is 47.2 Å². The molecular formula is C33H27FN4O5. The van der Waals surface area contributed by atoms with Crippen LogP contribution in [-0.2, 0) is 4.79 Å². The van der Waals surface area contributed by atoms with Gasteiger partial charge in [-0.25, -0.2) is 19.0 Å². The van der Waals surface area contributed by atoms with E-state index in [-0.39, 0.29) is 34.9 Å². The van der Waals surface area contributed by atoms with Crippen molar-refractivity contribution in [2.45, 2.75) is 20.0 Å². The Balaban J connectivity index is 1.58. The number of carboxylic acids is 1. The van der Waals surface area contributed by atoms with Crippen LogP contribution in [0.4, 0.5) is 20.6 Å². The number of anilines is 2. The first kappa shape index (κ1) is 28.9. The van der Waals surface area contributed by atoms with Crippen molar-refractivity contribution in [3.8, 4) is 0 Å². The van der Waals surface area contributed by atoms with Crippen LogP contribution in [0, 0.1) is 19.7 Å². The number of benzodiazepines with no additional fused rings is 1. The van der Waals surface area contributed by atoms with Gasteiger partial charge in [0.15, 0.2) is 5.78 Å². The zero-order chi connectivity index (χ0) is 30.7. The molecule has 216 valence electrons. The van der Waals surface area contributed by atoms with Crippen LogP contribution in [0.25, 0.3) is 0 Å². The SMILES string of the molecule is Cc1ccccc1C(=O)CN1C(=O)C(NC(=O)Nc2cccc(C(=O)O)c2)N=C(c2ccccc2F)c2cccc(C)c21. The molecular weight excluding hydrogens is 551 g/mol. The Kier molecular flexibility index (Phi) is 8.11. The molecule has 3 amide bonds. The van der Waals surface area contributed by atoms with Crippen molar-refractivity contribution in [3.05, 3.63) is 130 Å². The normalized spacial score (nSPS) is 14.3. The Hall–Kier alpha value is -5.64. The third kappa shape index (κ3) is 6.03. The van der Waals surface area contributed by atoms with Crippen molar-refractivity contribution in [2.24, 2.45) is 4.99 Å². The Morgan fingerprint density at radius 3 is 2.30 bits per heavy atom. The summed E-state index contributed by atoms with van der Waals surface area (Å²) < 4.78 is 15.2. The molecule has 5 rings (SSSR count). The minimum Gasteiger partial charge on any atom is -0.478 e. The number of amides is 3. The number of nitrogens with one attached hydrogen (secondary N) is 2. The van der Waals surface area contributed by atoms with Gasteiger partial charge in [-0.2, -0.15) is 0 Å². The molecule has 10 heteroatoms. The van der Waals surface area contributed by atoms with Crippen LogP contribution in [0.3, 0.4) is 0 Å². The predicted molar refractivity (Wildman–Crippen MR) is 160 cm³/mol. The summed E-state index contributed by atoms with van der Waals surface area (Å²) in [5.41, 5.74) is 2.95. The molecule has 0 saturated carbocycles. The first-order chi connectivity index (χ1) is 20.6. The summed E-state index contributed by atoms with van der Waals surface area (Å²) in [6.07, 6.45) is -1.56. The van der Waals surface area contributed by atoms with Crippen molar-refractivity contribution < 1.29 is 28.7 Å². The molecule has 1 aliphatic heterocycles. The number of aryl methyl sites for hydroxylation is 2. The molecule has 0 spiro atoms. The number of fused-ring (bicyclic) bond motifs is 1. The molecule has 4 aromatic rings. The first-order valence-corrected chi connectivity index (χ1v) is 13.4. The first-order valence-electron chi connectivity index (χ1n) is 13.4. The Morgan fingerprint density at radius 2 is 1.56 bits per heavy atom. The average Bonchev–Trinajstić information content (AvgIpc) is 3.09. The summed E-state index contributed by atoms with van der Waals surface area (Å²) in [6, 6.07) is 22.9. The molecule has 0 aromatic heterocycles. The maximum absolute atomic E-state index is 15.2. The minimum atomic E-state index is -1.56. The van der Waals surface area contributed by atoms with Crippen molar-refractivity contribution >= 4 is 40.8 Å². The van der Waals surface area contributed by atoms with Gasteiger partial charge in [0, 0.05) is 22.4 Å². The summed E-state index contributed by atoms with van der Waals surface area (Å²) >= 11 is 0. The van der Waals surface area contributed by atoms with Crippen molar-refractivity contribution in [2.75, 3.05) is 16.8 Å². The molecule has 0 bridgehead atoms. The van der Waals surface area contributed by atoms with E-state index in [9.17, 15) is 24.3 Å². The van der Waals surface area contributed by atoms with Gasteiger partial charge in [-0.05, 0) is 55.3 Å². The largest absolute Gasteiger partial charge is 0.478 e. The van der Waals surface area contributed by atoms with E-state index in [0.29, 0.717) is 22.4 Å². The Labute approximate surface area is 246 Å². The molecule has 43 heavy (non-hydrogen) atoms. The van der Waals surface area contributed by atoms with Crippen LogP contribution in [0.15, 0.2) is 96.0 Å². The van der Waals surface area contributed by atoms with Gasteiger partial charge in [-0.1, -0.05) is 60.7 Å². The van der Waals surface area contributed by atoms with E-state index in [1.54, 1.807) is 56.3 Å². The molecule has 0 aliphatic carbocycles. The molecule has 9 nitrogen and oxygen atoms in total. The van der Waals surface area contributed by atoms with Gasteiger partial charge in [0.2, 0.25) is 6.17 Å². The number of carbonyl (C=O) groups is 4. The highest BCUT2D eigenvalue weighted by atomic mass is 19.1. The third-order valence-corrected chi connectivity index (χ3v) is 7.03. The lowest BCUT2D eigenvalue weighted by Gasteiger charge is -2.26. The number of rotatable bonds is 7. The molecule has 4 aromatic carbocycles. The number of nitrogens with zero attached hydrogens (tertiary/aromatic N) is 2. The van der Waals surface area contributed by atoms with Gasteiger partial charge in [0.25, 0.3) is 5.91 Å². The summed E-state index contributed by atoms with van der Waals surface area (Å²) in [5, 5.41) is 14.3. The van der Waals surface area contributed by atoms with Crippen molar-refractivity contribution in [3.63, 3.8) is 0 Å². The number of hydrogen-bond acceptors (Lipinski definition) is 5. The zero-order valence-electron chi connectivity index (χ0n) is 23.3. The standard InChI is InChI=1S/C33H27FN4O5/c1-19-9-3-4-13-23(19)27(39)18-38-29-20(2)10-7-15-25(29)28(24-14-5-6-16-26(24)34)36-30(31(38)40)37-33(43)35-22-12-8-11-21(17-22)32(41)42/h3-17,30H,18H2,1-2H3,(H,41,42)(H2,35,37,43). The van der Waals surface area contributed by atoms with E-state index in [1.807, 2.05) is 6.07 Å².